The van der Waals surface area contributed by atoms with E-state index >= 15 is 0 Å². The van der Waals surface area contributed by atoms with E-state index in [0.29, 0.717) is 35.9 Å². The first kappa shape index (κ1) is 20.1. The van der Waals surface area contributed by atoms with Crippen LogP contribution in [0.1, 0.15) is 18.9 Å². The highest BCUT2D eigenvalue weighted by Gasteiger charge is 2.30. The van der Waals surface area contributed by atoms with Crippen molar-refractivity contribution in [3.63, 3.8) is 0 Å². The first-order valence-corrected chi connectivity index (χ1v) is 8.42. The number of hydrogen-bond donors (Lipinski definition) is 1. The van der Waals surface area contributed by atoms with E-state index in [9.17, 15) is 13.6 Å². The molecule has 1 saturated heterocycles. The Morgan fingerprint density at radius 3 is 2.77 bits per heavy atom. The predicted octanol–water partition coefficient (Wildman–Crippen LogP) is 2.78. The van der Waals surface area contributed by atoms with Gasteiger partial charge in [0.1, 0.15) is 5.70 Å². The van der Waals surface area contributed by atoms with Crippen molar-refractivity contribution in [1.29, 1.82) is 0 Å². The third-order valence-electron chi connectivity index (χ3n) is 3.49. The number of nitrogens with one attached hydrogen (secondary N) is 1. The number of benzene rings is 1. The minimum absolute atomic E-state index is 0.0635. The number of thiocarbonyl (C=S) groups is 1. The van der Waals surface area contributed by atoms with Gasteiger partial charge in [0.25, 0.3) is 5.91 Å². The Morgan fingerprint density at radius 1 is 1.35 bits per heavy atom. The number of alkyl halides is 2. The highest BCUT2D eigenvalue weighted by atomic mass is 32.1. The van der Waals surface area contributed by atoms with Gasteiger partial charge in [-0.3, -0.25) is 9.69 Å². The van der Waals surface area contributed by atoms with E-state index in [1.165, 1.54) is 17.0 Å². The second-order valence-corrected chi connectivity index (χ2v) is 5.70. The minimum atomic E-state index is -2.95. The fourth-order valence-corrected chi connectivity index (χ4v) is 2.67. The number of carbonyl (C=O) groups excluding carboxylic acids is 1. The first-order valence-electron chi connectivity index (χ1n) is 8.01. The maximum absolute atomic E-state index is 12.5. The molecule has 1 fully saturated rings. The molecule has 2 rings (SSSR count). The molecule has 1 N–H and O–H groups in total. The molecule has 1 aromatic rings. The lowest BCUT2D eigenvalue weighted by Crippen LogP contribution is -2.32. The molecule has 1 amide bonds. The number of methoxy groups -OCH3 is 1. The summed E-state index contributed by atoms with van der Waals surface area (Å²) in [5.74, 6) is -0.143. The summed E-state index contributed by atoms with van der Waals surface area (Å²) in [5.41, 5.74) is 0.893. The van der Waals surface area contributed by atoms with Crippen LogP contribution in [0.3, 0.4) is 0 Å². The van der Waals surface area contributed by atoms with Crippen LogP contribution >= 0.6 is 12.2 Å². The number of amides is 1. The molecule has 0 aromatic heterocycles. The van der Waals surface area contributed by atoms with Crippen LogP contribution in [0, 0.1) is 0 Å². The Morgan fingerprint density at radius 2 is 2.12 bits per heavy atom. The summed E-state index contributed by atoms with van der Waals surface area (Å²) in [7, 11) is 1.59. The number of hydrogen-bond acceptors (Lipinski definition) is 5. The highest BCUT2D eigenvalue weighted by Crippen LogP contribution is 2.31. The zero-order chi connectivity index (χ0) is 19.1. The van der Waals surface area contributed by atoms with Crippen LogP contribution in [0.2, 0.25) is 0 Å². The van der Waals surface area contributed by atoms with Gasteiger partial charge in [-0.15, -0.1) is 0 Å². The van der Waals surface area contributed by atoms with Crippen LogP contribution in [0.5, 0.6) is 11.5 Å². The normalized spacial score (nSPS) is 15.7. The summed E-state index contributed by atoms with van der Waals surface area (Å²) in [6, 6.07) is 4.45. The Hall–Kier alpha value is -2.26. The molecule has 142 valence electrons. The van der Waals surface area contributed by atoms with Gasteiger partial charge >= 0.3 is 6.61 Å². The molecule has 0 spiro atoms. The summed E-state index contributed by atoms with van der Waals surface area (Å²) in [4.78, 5) is 13.9. The number of ether oxygens (including phenoxy) is 3. The molecule has 26 heavy (non-hydrogen) atoms. The molecule has 0 unspecified atom stereocenters. The van der Waals surface area contributed by atoms with Crippen molar-refractivity contribution in [1.82, 2.24) is 10.2 Å². The fourth-order valence-electron chi connectivity index (χ4n) is 2.38. The van der Waals surface area contributed by atoms with Gasteiger partial charge < -0.3 is 19.5 Å². The molecule has 1 aliphatic rings. The summed E-state index contributed by atoms with van der Waals surface area (Å²) in [6.45, 7) is 0.0364. The summed E-state index contributed by atoms with van der Waals surface area (Å²) < 4.78 is 39.7. The second-order valence-electron chi connectivity index (χ2n) is 5.31. The average molecular weight is 386 g/mol. The molecule has 9 heteroatoms. The molecule has 0 atom stereocenters. The van der Waals surface area contributed by atoms with Gasteiger partial charge in [0.15, 0.2) is 16.6 Å². The molecule has 6 nitrogen and oxygen atoms in total. The Kier molecular flexibility index (Phi) is 7.28. The van der Waals surface area contributed by atoms with E-state index < -0.39 is 6.61 Å². The lowest BCUT2D eigenvalue weighted by atomic mass is 10.1. The Bertz CT molecular complexity index is 697. The van der Waals surface area contributed by atoms with Gasteiger partial charge in [0.05, 0.1) is 6.61 Å². The Labute approximate surface area is 155 Å². The van der Waals surface area contributed by atoms with Gasteiger partial charge in [-0.1, -0.05) is 6.07 Å². The van der Waals surface area contributed by atoms with Crippen LogP contribution in [0.25, 0.3) is 6.08 Å². The monoisotopic (exact) mass is 386 g/mol. The van der Waals surface area contributed by atoms with E-state index in [2.05, 4.69) is 10.1 Å². The van der Waals surface area contributed by atoms with Crippen LogP contribution in [-0.2, 0) is 9.53 Å². The van der Waals surface area contributed by atoms with Gasteiger partial charge in [-0.25, -0.2) is 0 Å². The van der Waals surface area contributed by atoms with Gasteiger partial charge in [-0.2, -0.15) is 8.78 Å². The highest BCUT2D eigenvalue weighted by molar-refractivity contribution is 7.80. The van der Waals surface area contributed by atoms with E-state index in [-0.39, 0.29) is 24.0 Å². The lowest BCUT2D eigenvalue weighted by molar-refractivity contribution is -0.122. The SMILES string of the molecule is CCOc1cc(/C=C2\NC(=S)N(CCCOC)C2=O)ccc1OC(F)F. The van der Waals surface area contributed by atoms with Crippen molar-refractivity contribution in [2.75, 3.05) is 26.9 Å². The molecule has 0 saturated carbocycles. The van der Waals surface area contributed by atoms with Gasteiger partial charge in [-0.05, 0) is 49.3 Å². The van der Waals surface area contributed by atoms with E-state index in [1.54, 1.807) is 26.2 Å². The number of nitrogens with zero attached hydrogens (tertiary/aromatic N) is 1. The molecular weight excluding hydrogens is 366 g/mol. The largest absolute Gasteiger partial charge is 0.490 e. The smallest absolute Gasteiger partial charge is 0.387 e. The molecule has 1 heterocycles. The average Bonchev–Trinajstić information content (AvgIpc) is 2.84. The number of carbonyl (C=O) groups is 1. The third kappa shape index (κ3) is 5.12. The molecule has 0 radical (unpaired) electrons. The Balaban J connectivity index is 2.19. The van der Waals surface area contributed by atoms with E-state index in [1.807, 2.05) is 0 Å². The fraction of sp³-hybridized carbons (Fsp3) is 0.412. The standard InChI is InChI=1S/C17H20F2N2O4S/c1-3-24-14-10-11(5-6-13(14)25-16(18)19)9-12-15(22)21(17(26)20-12)7-4-8-23-2/h5-6,9-10,16H,3-4,7-8H2,1-2H3,(H,20,26)/b12-9-. The maximum atomic E-state index is 12.5. The summed E-state index contributed by atoms with van der Waals surface area (Å²) in [6.07, 6.45) is 2.24. The van der Waals surface area contributed by atoms with Crippen molar-refractivity contribution in [3.8, 4) is 11.5 Å². The molecule has 1 aliphatic heterocycles. The first-order chi connectivity index (χ1) is 12.5. The number of rotatable bonds is 9. The van der Waals surface area contributed by atoms with E-state index in [0.717, 1.165) is 0 Å². The van der Waals surface area contributed by atoms with E-state index in [4.69, 9.17) is 21.7 Å². The van der Waals surface area contributed by atoms with Crippen molar-refractivity contribution >= 4 is 29.3 Å². The summed E-state index contributed by atoms with van der Waals surface area (Å²) in [5, 5.41) is 3.18. The second kappa shape index (κ2) is 9.44. The van der Waals surface area contributed by atoms with Crippen LogP contribution in [0.15, 0.2) is 23.9 Å². The minimum Gasteiger partial charge on any atom is -0.490 e. The molecular formula is C17H20F2N2O4S. The van der Waals surface area contributed by atoms with Crippen LogP contribution in [-0.4, -0.2) is 49.4 Å². The zero-order valence-electron chi connectivity index (χ0n) is 14.5. The molecule has 0 aliphatic carbocycles. The van der Waals surface area contributed by atoms with Crippen molar-refractivity contribution in [2.45, 2.75) is 20.0 Å². The molecule has 0 bridgehead atoms. The van der Waals surface area contributed by atoms with Gasteiger partial charge in [0.2, 0.25) is 0 Å². The topological polar surface area (TPSA) is 60.0 Å². The summed E-state index contributed by atoms with van der Waals surface area (Å²) >= 11 is 5.18. The lowest BCUT2D eigenvalue weighted by Gasteiger charge is -2.13. The van der Waals surface area contributed by atoms with Crippen molar-refractivity contribution < 1.29 is 27.8 Å². The quantitative estimate of drug-likeness (QED) is 0.400. The zero-order valence-corrected chi connectivity index (χ0v) is 15.3. The van der Waals surface area contributed by atoms with Crippen molar-refractivity contribution in [3.05, 3.63) is 29.5 Å². The van der Waals surface area contributed by atoms with Gasteiger partial charge in [0, 0.05) is 20.3 Å². The predicted molar refractivity (Wildman–Crippen MR) is 96.2 cm³/mol. The van der Waals surface area contributed by atoms with Crippen molar-refractivity contribution in [2.24, 2.45) is 0 Å². The number of halogens is 2. The van der Waals surface area contributed by atoms with Crippen LogP contribution < -0.4 is 14.8 Å². The molecule has 1 aromatic carbocycles. The van der Waals surface area contributed by atoms with Crippen LogP contribution in [0.4, 0.5) is 8.78 Å². The maximum Gasteiger partial charge on any atom is 0.387 e. The third-order valence-corrected chi connectivity index (χ3v) is 3.81.